The van der Waals surface area contributed by atoms with Gasteiger partial charge in [-0.15, -0.1) is 0 Å². The van der Waals surface area contributed by atoms with Crippen LogP contribution in [0.1, 0.15) is 32.1 Å². The molecule has 0 saturated carbocycles. The lowest BCUT2D eigenvalue weighted by Gasteiger charge is -2.44. The number of nitrogens with one attached hydrogen (secondary N) is 2. The van der Waals surface area contributed by atoms with Gasteiger partial charge in [-0.1, -0.05) is 18.6 Å². The Morgan fingerprint density at radius 2 is 1.93 bits per heavy atom. The average molecular weight is 370 g/mol. The maximum absolute atomic E-state index is 12.5. The van der Waals surface area contributed by atoms with E-state index >= 15 is 0 Å². The summed E-state index contributed by atoms with van der Waals surface area (Å²) in [6.45, 7) is 2.69. The van der Waals surface area contributed by atoms with Crippen molar-refractivity contribution < 1.29 is 4.79 Å². The standard InChI is InChI=1S/C20H26N4O3/c25-18(21-12-14-6-5-11-23-10-4-3-9-17(14)23)13-24-19(26)15-7-1-2-8-16(15)22-20(24)27/h1-2,7-8,14,17H,3-6,9-13H2,(H,21,25)(H,22,27)/t14-,17-/m1/s1. The van der Waals surface area contributed by atoms with Gasteiger partial charge in [0, 0.05) is 12.6 Å². The Balaban J connectivity index is 1.43. The van der Waals surface area contributed by atoms with Crippen LogP contribution < -0.4 is 16.6 Å². The van der Waals surface area contributed by atoms with Gasteiger partial charge in [-0.2, -0.15) is 0 Å². The molecule has 3 heterocycles. The van der Waals surface area contributed by atoms with Gasteiger partial charge in [0.15, 0.2) is 0 Å². The number of aromatic amines is 1. The Kier molecular flexibility index (Phi) is 5.11. The molecule has 144 valence electrons. The first kappa shape index (κ1) is 18.0. The Morgan fingerprint density at radius 3 is 2.81 bits per heavy atom. The molecule has 7 nitrogen and oxygen atoms in total. The van der Waals surface area contributed by atoms with Crippen LogP contribution in [0, 0.1) is 5.92 Å². The van der Waals surface area contributed by atoms with E-state index in [1.165, 1.54) is 25.7 Å². The van der Waals surface area contributed by atoms with E-state index in [4.69, 9.17) is 0 Å². The smallest absolute Gasteiger partial charge is 0.329 e. The monoisotopic (exact) mass is 370 g/mol. The molecule has 2 aliphatic rings. The second-order valence-electron chi connectivity index (χ2n) is 7.67. The van der Waals surface area contributed by atoms with E-state index < -0.39 is 11.2 Å². The fourth-order valence-electron chi connectivity index (χ4n) is 4.60. The molecule has 2 atom stereocenters. The summed E-state index contributed by atoms with van der Waals surface area (Å²) in [5, 5.41) is 3.37. The first-order chi connectivity index (χ1) is 13.1. The van der Waals surface area contributed by atoms with E-state index in [0.29, 0.717) is 29.4 Å². The number of rotatable bonds is 4. The lowest BCUT2D eigenvalue weighted by Crippen LogP contribution is -2.51. The topological polar surface area (TPSA) is 87.2 Å². The first-order valence-corrected chi connectivity index (χ1v) is 9.86. The van der Waals surface area contributed by atoms with Crippen molar-refractivity contribution in [3.63, 3.8) is 0 Å². The van der Waals surface area contributed by atoms with Gasteiger partial charge in [0.25, 0.3) is 5.56 Å². The largest absolute Gasteiger partial charge is 0.354 e. The third-order valence-electron chi connectivity index (χ3n) is 5.98. The Labute approximate surface area is 157 Å². The highest BCUT2D eigenvalue weighted by Gasteiger charge is 2.32. The molecule has 2 aromatic rings. The van der Waals surface area contributed by atoms with Gasteiger partial charge in [0.2, 0.25) is 5.91 Å². The van der Waals surface area contributed by atoms with Crippen LogP contribution >= 0.6 is 0 Å². The van der Waals surface area contributed by atoms with Crippen LogP contribution in [-0.4, -0.2) is 46.0 Å². The summed E-state index contributed by atoms with van der Waals surface area (Å²) in [7, 11) is 0. The zero-order chi connectivity index (χ0) is 18.8. The van der Waals surface area contributed by atoms with Crippen LogP contribution in [0.2, 0.25) is 0 Å². The number of hydrogen-bond donors (Lipinski definition) is 2. The van der Waals surface area contributed by atoms with Crippen molar-refractivity contribution in [1.82, 2.24) is 19.8 Å². The molecule has 4 rings (SSSR count). The lowest BCUT2D eigenvalue weighted by molar-refractivity contribution is -0.122. The van der Waals surface area contributed by atoms with E-state index in [1.54, 1.807) is 24.3 Å². The normalized spacial score (nSPS) is 23.1. The number of hydrogen-bond acceptors (Lipinski definition) is 4. The minimum absolute atomic E-state index is 0.250. The molecular formula is C20H26N4O3. The van der Waals surface area contributed by atoms with Gasteiger partial charge in [-0.3, -0.25) is 14.2 Å². The minimum atomic E-state index is -0.551. The minimum Gasteiger partial charge on any atom is -0.354 e. The molecule has 0 aliphatic carbocycles. The summed E-state index contributed by atoms with van der Waals surface area (Å²) < 4.78 is 0.978. The van der Waals surface area contributed by atoms with Gasteiger partial charge < -0.3 is 15.2 Å². The molecule has 0 bridgehead atoms. The second kappa shape index (κ2) is 7.68. The van der Waals surface area contributed by atoms with Crippen LogP contribution in [0.4, 0.5) is 0 Å². The number of amides is 1. The summed E-state index contributed by atoms with van der Waals surface area (Å²) in [4.78, 5) is 42.4. The van der Waals surface area contributed by atoms with Gasteiger partial charge in [0.05, 0.1) is 10.9 Å². The highest BCUT2D eigenvalue weighted by Crippen LogP contribution is 2.30. The number of H-pyrrole nitrogens is 1. The van der Waals surface area contributed by atoms with Crippen molar-refractivity contribution in [1.29, 1.82) is 0 Å². The zero-order valence-electron chi connectivity index (χ0n) is 15.4. The van der Waals surface area contributed by atoms with Gasteiger partial charge in [0.1, 0.15) is 6.54 Å². The molecule has 1 aromatic carbocycles. The molecular weight excluding hydrogens is 344 g/mol. The van der Waals surface area contributed by atoms with E-state index in [-0.39, 0.29) is 12.5 Å². The summed E-state index contributed by atoms with van der Waals surface area (Å²) in [6.07, 6.45) is 6.01. The average Bonchev–Trinajstić information content (AvgIpc) is 2.69. The summed E-state index contributed by atoms with van der Waals surface area (Å²) >= 11 is 0. The molecule has 1 aromatic heterocycles. The van der Waals surface area contributed by atoms with Crippen molar-refractivity contribution in [2.45, 2.75) is 44.7 Å². The molecule has 0 radical (unpaired) electrons. The number of benzene rings is 1. The molecule has 1 amide bonds. The zero-order valence-corrected chi connectivity index (χ0v) is 15.4. The number of nitrogens with zero attached hydrogens (tertiary/aromatic N) is 2. The van der Waals surface area contributed by atoms with Crippen LogP contribution in [0.5, 0.6) is 0 Å². The van der Waals surface area contributed by atoms with Crippen LogP contribution in [0.15, 0.2) is 33.9 Å². The SMILES string of the molecule is O=C(Cn1c(=O)[nH]c2ccccc2c1=O)NC[C@H]1CCCN2CCCC[C@H]12. The van der Waals surface area contributed by atoms with Gasteiger partial charge in [-0.05, 0) is 56.8 Å². The maximum atomic E-state index is 12.5. The van der Waals surface area contributed by atoms with E-state index in [9.17, 15) is 14.4 Å². The Hall–Kier alpha value is -2.41. The quantitative estimate of drug-likeness (QED) is 0.843. The van der Waals surface area contributed by atoms with Crippen LogP contribution in [-0.2, 0) is 11.3 Å². The number of fused-ring (bicyclic) bond motifs is 2. The van der Waals surface area contributed by atoms with Crippen molar-refractivity contribution in [2.75, 3.05) is 19.6 Å². The second-order valence-corrected chi connectivity index (χ2v) is 7.67. The maximum Gasteiger partial charge on any atom is 0.329 e. The predicted octanol–water partition coefficient (Wildman–Crippen LogP) is 1.07. The molecule has 2 saturated heterocycles. The van der Waals surface area contributed by atoms with E-state index in [2.05, 4.69) is 15.2 Å². The first-order valence-electron chi connectivity index (χ1n) is 9.86. The molecule has 2 aliphatic heterocycles. The Bertz CT molecular complexity index is 946. The molecule has 0 unspecified atom stereocenters. The number of carbonyl (C=O) groups is 1. The van der Waals surface area contributed by atoms with Crippen molar-refractivity contribution in [2.24, 2.45) is 5.92 Å². The molecule has 2 N–H and O–H groups in total. The van der Waals surface area contributed by atoms with Crippen molar-refractivity contribution >= 4 is 16.8 Å². The molecule has 7 heteroatoms. The molecule has 27 heavy (non-hydrogen) atoms. The number of piperidine rings is 2. The van der Waals surface area contributed by atoms with E-state index in [0.717, 1.165) is 24.1 Å². The number of para-hydroxylation sites is 1. The lowest BCUT2D eigenvalue weighted by atomic mass is 9.83. The van der Waals surface area contributed by atoms with E-state index in [1.807, 2.05) is 0 Å². The molecule has 0 spiro atoms. The number of aromatic nitrogens is 2. The fraction of sp³-hybridized carbons (Fsp3) is 0.550. The van der Waals surface area contributed by atoms with Gasteiger partial charge in [-0.25, -0.2) is 4.79 Å². The molecule has 2 fully saturated rings. The van der Waals surface area contributed by atoms with Crippen LogP contribution in [0.3, 0.4) is 0 Å². The Morgan fingerprint density at radius 1 is 1.11 bits per heavy atom. The predicted molar refractivity (Wildman–Crippen MR) is 104 cm³/mol. The summed E-state index contributed by atoms with van der Waals surface area (Å²) in [6, 6.07) is 7.39. The third-order valence-corrected chi connectivity index (χ3v) is 5.98. The van der Waals surface area contributed by atoms with Crippen molar-refractivity contribution in [3.8, 4) is 0 Å². The fourth-order valence-corrected chi connectivity index (χ4v) is 4.60. The van der Waals surface area contributed by atoms with Crippen molar-refractivity contribution in [3.05, 3.63) is 45.1 Å². The highest BCUT2D eigenvalue weighted by molar-refractivity contribution is 5.78. The summed E-state index contributed by atoms with van der Waals surface area (Å²) in [5.41, 5.74) is -0.491. The summed E-state index contributed by atoms with van der Waals surface area (Å²) in [5.74, 6) is 0.167. The highest BCUT2D eigenvalue weighted by atomic mass is 16.2. The third kappa shape index (κ3) is 3.69. The van der Waals surface area contributed by atoms with Crippen LogP contribution in [0.25, 0.3) is 10.9 Å². The van der Waals surface area contributed by atoms with Gasteiger partial charge >= 0.3 is 5.69 Å². The number of carbonyl (C=O) groups excluding carboxylic acids is 1.